The molecule has 0 radical (unpaired) electrons. The smallest absolute Gasteiger partial charge is 0.246 e. The van der Waals surface area contributed by atoms with E-state index in [1.165, 1.54) is 12.3 Å². The van der Waals surface area contributed by atoms with E-state index in [1.807, 2.05) is 74.5 Å². The molecule has 1 saturated heterocycles. The van der Waals surface area contributed by atoms with Gasteiger partial charge in [-0.1, -0.05) is 74.5 Å². The molecule has 1 fully saturated rings. The second-order valence-corrected chi connectivity index (χ2v) is 14.1. The predicted octanol–water partition coefficient (Wildman–Crippen LogP) is 2.41. The number of rotatable bonds is 19. The van der Waals surface area contributed by atoms with Crippen molar-refractivity contribution in [3.05, 3.63) is 102 Å². The first kappa shape index (κ1) is 41.5. The van der Waals surface area contributed by atoms with Gasteiger partial charge in [0.15, 0.2) is 0 Å². The molecule has 2 heterocycles. The van der Waals surface area contributed by atoms with E-state index in [2.05, 4.69) is 16.0 Å². The molecule has 0 saturated carbocycles. The minimum absolute atomic E-state index is 0.0158. The van der Waals surface area contributed by atoms with E-state index in [9.17, 15) is 24.0 Å². The van der Waals surface area contributed by atoms with Crippen LogP contribution in [-0.4, -0.2) is 96.2 Å². The van der Waals surface area contributed by atoms with Crippen LogP contribution in [0.25, 0.3) is 6.08 Å². The molecule has 1 aliphatic heterocycles. The minimum atomic E-state index is -1.01. The zero-order chi connectivity index (χ0) is 38.9. The van der Waals surface area contributed by atoms with Crippen molar-refractivity contribution < 1.29 is 28.4 Å². The third-order valence-corrected chi connectivity index (χ3v) is 9.32. The monoisotopic (exact) mass is 741 g/mol. The predicted molar refractivity (Wildman–Crippen MR) is 207 cm³/mol. The van der Waals surface area contributed by atoms with Crippen molar-refractivity contribution in [3.63, 3.8) is 0 Å². The van der Waals surface area contributed by atoms with Crippen LogP contribution in [0.4, 0.5) is 0 Å². The largest absolute Gasteiger partial charge is 0.472 e. The van der Waals surface area contributed by atoms with Crippen LogP contribution in [0.2, 0.25) is 0 Å². The Hall–Kier alpha value is -5.27. The summed E-state index contributed by atoms with van der Waals surface area (Å²) in [6.45, 7) is 5.64. The van der Waals surface area contributed by atoms with Crippen molar-refractivity contribution in [3.8, 4) is 0 Å². The van der Waals surface area contributed by atoms with Gasteiger partial charge in [0.05, 0.1) is 18.6 Å². The normalized spacial score (nSPS) is 15.4. The number of nitrogens with two attached hydrogens (primary N) is 2. The fourth-order valence-electron chi connectivity index (χ4n) is 6.31. The lowest BCUT2D eigenvalue weighted by Crippen LogP contribution is -2.59. The molecule has 13 heteroatoms. The number of nitrogens with zero attached hydrogens (tertiary/aromatic N) is 2. The molecule has 1 aliphatic rings. The van der Waals surface area contributed by atoms with Crippen LogP contribution < -0.4 is 27.4 Å². The summed E-state index contributed by atoms with van der Waals surface area (Å²) in [5, 5.41) is 8.65. The first-order chi connectivity index (χ1) is 26.0. The Bertz CT molecular complexity index is 1660. The molecule has 3 aromatic rings. The average Bonchev–Trinajstić information content (AvgIpc) is 3.70. The van der Waals surface area contributed by atoms with Crippen molar-refractivity contribution in [1.29, 1.82) is 0 Å². The average molecular weight is 742 g/mol. The summed E-state index contributed by atoms with van der Waals surface area (Å²) in [6.07, 6.45) is 8.65. The van der Waals surface area contributed by atoms with Crippen LogP contribution >= 0.6 is 0 Å². The molecular weight excluding hydrogens is 686 g/mol. The van der Waals surface area contributed by atoms with Crippen molar-refractivity contribution in [2.45, 2.75) is 76.5 Å². The van der Waals surface area contributed by atoms with Gasteiger partial charge in [-0.3, -0.25) is 24.0 Å². The molecule has 1 aromatic heterocycles. The summed E-state index contributed by atoms with van der Waals surface area (Å²) in [5.41, 5.74) is 14.5. The number of hydrogen-bond donors (Lipinski definition) is 5. The Balaban J connectivity index is 1.43. The van der Waals surface area contributed by atoms with E-state index in [0.29, 0.717) is 64.8 Å². The van der Waals surface area contributed by atoms with E-state index in [-0.39, 0.29) is 24.2 Å². The highest BCUT2D eigenvalue weighted by molar-refractivity contribution is 5.95. The van der Waals surface area contributed by atoms with E-state index in [4.69, 9.17) is 15.9 Å². The summed E-state index contributed by atoms with van der Waals surface area (Å²) >= 11 is 0. The lowest BCUT2D eigenvalue weighted by Gasteiger charge is -2.36. The zero-order valence-corrected chi connectivity index (χ0v) is 31.3. The quantitative estimate of drug-likeness (QED) is 0.0914. The van der Waals surface area contributed by atoms with Gasteiger partial charge >= 0.3 is 0 Å². The maximum Gasteiger partial charge on any atom is 0.246 e. The lowest BCUT2D eigenvalue weighted by atomic mass is 9.99. The highest BCUT2D eigenvalue weighted by Gasteiger charge is 2.33. The van der Waals surface area contributed by atoms with Gasteiger partial charge in [0.25, 0.3) is 0 Å². The number of carbonyl (C=O) groups excluding carboxylic acids is 5. The summed E-state index contributed by atoms with van der Waals surface area (Å²) in [5.74, 6) is -1.91. The first-order valence-corrected chi connectivity index (χ1v) is 18.8. The molecule has 2 aromatic carbocycles. The van der Waals surface area contributed by atoms with Crippen molar-refractivity contribution in [1.82, 2.24) is 25.8 Å². The number of piperazine rings is 1. The number of amides is 5. The van der Waals surface area contributed by atoms with Crippen LogP contribution in [0.1, 0.15) is 56.2 Å². The number of carbonyl (C=O) groups is 5. The Kier molecular flexibility index (Phi) is 16.5. The van der Waals surface area contributed by atoms with Crippen molar-refractivity contribution >= 4 is 35.6 Å². The van der Waals surface area contributed by atoms with Gasteiger partial charge in [-0.05, 0) is 67.8 Å². The molecule has 4 rings (SSSR count). The summed E-state index contributed by atoms with van der Waals surface area (Å²) in [6, 6.07) is 16.7. The SMILES string of the molecule is CC(C)C[C@@H](NC(=O)[C@@H](Cc1ccccc1)NC(=O)[C@H](N)Cc1ccccc1)C(=O)N[C@H](CCCCN)C(=O)N1CCN(C(=O)/C=C/c2ccoc2)CC1. The van der Waals surface area contributed by atoms with Crippen LogP contribution in [0.15, 0.2) is 89.7 Å². The molecule has 7 N–H and O–H groups in total. The highest BCUT2D eigenvalue weighted by atomic mass is 16.3. The van der Waals surface area contributed by atoms with Gasteiger partial charge in [0.1, 0.15) is 18.1 Å². The van der Waals surface area contributed by atoms with Gasteiger partial charge in [0, 0.05) is 44.2 Å². The number of unbranched alkanes of at least 4 members (excludes halogenated alkanes) is 1. The molecule has 5 amide bonds. The molecule has 290 valence electrons. The van der Waals surface area contributed by atoms with Crippen LogP contribution in [0.3, 0.4) is 0 Å². The fourth-order valence-corrected chi connectivity index (χ4v) is 6.31. The number of benzene rings is 2. The second-order valence-electron chi connectivity index (χ2n) is 14.1. The van der Waals surface area contributed by atoms with Gasteiger partial charge < -0.3 is 41.6 Å². The van der Waals surface area contributed by atoms with Gasteiger partial charge in [0.2, 0.25) is 29.5 Å². The van der Waals surface area contributed by atoms with E-state index >= 15 is 0 Å². The minimum Gasteiger partial charge on any atom is -0.472 e. The van der Waals surface area contributed by atoms with Crippen LogP contribution in [-0.2, 0) is 36.8 Å². The lowest BCUT2D eigenvalue weighted by molar-refractivity contribution is -0.141. The topological polar surface area (TPSA) is 193 Å². The summed E-state index contributed by atoms with van der Waals surface area (Å²) in [7, 11) is 0. The van der Waals surface area contributed by atoms with E-state index < -0.39 is 41.9 Å². The van der Waals surface area contributed by atoms with Gasteiger partial charge in [-0.15, -0.1) is 0 Å². The third-order valence-electron chi connectivity index (χ3n) is 9.32. The molecule has 0 spiro atoms. The van der Waals surface area contributed by atoms with Gasteiger partial charge in [-0.2, -0.15) is 0 Å². The Morgan fingerprint density at radius 2 is 1.31 bits per heavy atom. The van der Waals surface area contributed by atoms with E-state index in [1.54, 1.807) is 28.2 Å². The molecule has 0 bridgehead atoms. The van der Waals surface area contributed by atoms with Crippen molar-refractivity contribution in [2.24, 2.45) is 17.4 Å². The molecule has 0 unspecified atom stereocenters. The number of furan rings is 1. The Labute approximate surface area is 317 Å². The molecule has 0 aliphatic carbocycles. The highest BCUT2D eigenvalue weighted by Crippen LogP contribution is 2.13. The maximum atomic E-state index is 14.0. The standard InChI is InChI=1S/C41H55N7O6/c1-29(2)25-35(46-40(52)36(27-31-13-7-4-8-14-31)45-38(50)33(43)26-30-11-5-3-6-12-30)39(51)44-34(15-9-10-19-42)41(53)48-22-20-47(21-23-48)37(49)17-16-32-18-24-54-28-32/h3-8,11-14,16-18,24,28-29,33-36H,9-10,15,19-23,25-27,42-43H2,1-2H3,(H,44,51)(H,45,50)(H,46,52)/b17-16+/t33-,34-,35-,36-/m1/s1. The Morgan fingerprint density at radius 3 is 1.91 bits per heavy atom. The molecule has 4 atom stereocenters. The van der Waals surface area contributed by atoms with Crippen LogP contribution in [0, 0.1) is 5.92 Å². The zero-order valence-electron chi connectivity index (χ0n) is 31.3. The fraction of sp³-hybridized carbons (Fsp3) is 0.439. The number of hydrogen-bond acceptors (Lipinski definition) is 8. The Morgan fingerprint density at radius 1 is 0.741 bits per heavy atom. The van der Waals surface area contributed by atoms with Gasteiger partial charge in [-0.25, -0.2) is 0 Å². The molecule has 13 nitrogen and oxygen atoms in total. The molecular formula is C41H55N7O6. The summed E-state index contributed by atoms with van der Waals surface area (Å²) < 4.78 is 5.04. The first-order valence-electron chi connectivity index (χ1n) is 18.8. The van der Waals surface area contributed by atoms with E-state index in [0.717, 1.165) is 16.7 Å². The molecule has 54 heavy (non-hydrogen) atoms. The second kappa shape index (κ2) is 21.4. The summed E-state index contributed by atoms with van der Waals surface area (Å²) in [4.78, 5) is 71.2. The van der Waals surface area contributed by atoms with Crippen LogP contribution in [0.5, 0.6) is 0 Å². The maximum absolute atomic E-state index is 14.0. The number of nitrogens with one attached hydrogen (secondary N) is 3. The third kappa shape index (κ3) is 13.3. The van der Waals surface area contributed by atoms with Crippen molar-refractivity contribution in [2.75, 3.05) is 32.7 Å².